The minimum Gasteiger partial charge on any atom is -0.463 e. The Balaban J connectivity index is 1.76. The highest BCUT2D eigenvalue weighted by molar-refractivity contribution is 7.99. The highest BCUT2D eigenvalue weighted by atomic mass is 32.2. The lowest BCUT2D eigenvalue weighted by Gasteiger charge is -2.28. The summed E-state index contributed by atoms with van der Waals surface area (Å²) < 4.78 is 24.6. The highest BCUT2D eigenvalue weighted by Gasteiger charge is 2.37. The maximum Gasteiger partial charge on any atom is 0.338 e. The van der Waals surface area contributed by atoms with Crippen molar-refractivity contribution < 1.29 is 18.7 Å². The molecule has 0 saturated carbocycles. The molecule has 0 spiro atoms. The van der Waals surface area contributed by atoms with Crippen LogP contribution < -0.4 is 5.73 Å². The first-order valence-electron chi connectivity index (χ1n) is 10.8. The van der Waals surface area contributed by atoms with E-state index in [1.54, 1.807) is 19.1 Å². The Labute approximate surface area is 215 Å². The van der Waals surface area contributed by atoms with Crippen molar-refractivity contribution in [3.63, 3.8) is 0 Å². The van der Waals surface area contributed by atoms with Crippen molar-refractivity contribution in [2.24, 2.45) is 5.73 Å². The Morgan fingerprint density at radius 1 is 1.22 bits per heavy atom. The number of benzene rings is 1. The number of nitriles is 2. The molecule has 1 atom stereocenters. The molecule has 10 heteroatoms. The van der Waals surface area contributed by atoms with E-state index in [0.717, 1.165) is 4.88 Å². The number of nitrogens with zero attached hydrogens (tertiary/aromatic N) is 3. The first kappa shape index (κ1) is 25.0. The molecule has 0 bridgehead atoms. The zero-order valence-corrected chi connectivity index (χ0v) is 20.7. The predicted molar refractivity (Wildman–Crippen MR) is 134 cm³/mol. The van der Waals surface area contributed by atoms with Crippen LogP contribution in [0, 0.1) is 28.5 Å². The number of halogens is 1. The average molecular weight is 519 g/mol. The van der Waals surface area contributed by atoms with Gasteiger partial charge in [-0.3, -0.25) is 0 Å². The second-order valence-corrected chi connectivity index (χ2v) is 9.37. The van der Waals surface area contributed by atoms with Crippen molar-refractivity contribution in [2.75, 3.05) is 12.4 Å². The van der Waals surface area contributed by atoms with E-state index in [0.29, 0.717) is 21.8 Å². The first-order valence-corrected chi connectivity index (χ1v) is 12.6. The zero-order valence-electron chi connectivity index (χ0n) is 19.0. The lowest BCUT2D eigenvalue weighted by Crippen LogP contribution is -2.27. The molecule has 180 valence electrons. The summed E-state index contributed by atoms with van der Waals surface area (Å²) in [5.41, 5.74) is 7.77. The Kier molecular flexibility index (Phi) is 7.69. The minimum absolute atomic E-state index is 0.0222. The van der Waals surface area contributed by atoms with Crippen LogP contribution in [-0.2, 0) is 14.3 Å². The molecule has 0 aliphatic carbocycles. The van der Waals surface area contributed by atoms with Gasteiger partial charge in [0, 0.05) is 0 Å². The van der Waals surface area contributed by atoms with Gasteiger partial charge in [0.1, 0.15) is 34.3 Å². The van der Waals surface area contributed by atoms with Gasteiger partial charge in [-0.1, -0.05) is 30.0 Å². The number of hydrogen-bond donors (Lipinski definition) is 1. The number of carbonyl (C=O) groups excluding carboxylic acids is 1. The number of thioether (sulfide) groups is 1. The maximum absolute atomic E-state index is 13.6. The van der Waals surface area contributed by atoms with Crippen LogP contribution >= 0.6 is 23.1 Å². The van der Waals surface area contributed by atoms with E-state index < -0.39 is 17.7 Å². The number of thiophene rings is 1. The fourth-order valence-corrected chi connectivity index (χ4v) is 5.29. The van der Waals surface area contributed by atoms with Gasteiger partial charge < -0.3 is 15.2 Å². The second-order valence-electron chi connectivity index (χ2n) is 7.46. The molecule has 2 N–H and O–H groups in total. The van der Waals surface area contributed by atoms with Gasteiger partial charge in [0.2, 0.25) is 5.88 Å². The van der Waals surface area contributed by atoms with Crippen LogP contribution in [0.15, 0.2) is 81.7 Å². The number of allylic oxidation sites excluding steroid dienone is 1. The summed E-state index contributed by atoms with van der Waals surface area (Å²) in [7, 11) is 0. The van der Waals surface area contributed by atoms with E-state index >= 15 is 0 Å². The van der Waals surface area contributed by atoms with Crippen molar-refractivity contribution in [2.45, 2.75) is 17.9 Å². The smallest absolute Gasteiger partial charge is 0.338 e. The summed E-state index contributed by atoms with van der Waals surface area (Å²) in [5.74, 6) is -1.93. The van der Waals surface area contributed by atoms with Gasteiger partial charge in [0.15, 0.2) is 0 Å². The third kappa shape index (κ3) is 5.10. The zero-order chi connectivity index (χ0) is 25.7. The molecule has 0 unspecified atom stereocenters. The molecular formula is C26H19FN4O3S2. The molecule has 0 amide bonds. The second kappa shape index (κ2) is 11.1. The standard InChI is InChI=1S/C26H19FN4O3S2/c1-2-33-26(32)23-20(34-24(30)18(13-29)22(23)15-5-8-17(27)9-6-15)14-36-25-16(12-28)7-10-19(31-25)21-4-3-11-35-21/h3-11,22H,2,14,30H2,1H3/t22-/m1/s1. The van der Waals surface area contributed by atoms with Gasteiger partial charge >= 0.3 is 5.97 Å². The molecule has 1 aliphatic heterocycles. The van der Waals surface area contributed by atoms with E-state index in [2.05, 4.69) is 11.1 Å². The van der Waals surface area contributed by atoms with Crippen LogP contribution in [0.5, 0.6) is 0 Å². The maximum atomic E-state index is 13.6. The van der Waals surface area contributed by atoms with Crippen molar-refractivity contribution in [1.82, 2.24) is 4.98 Å². The van der Waals surface area contributed by atoms with Crippen LogP contribution in [0.25, 0.3) is 10.6 Å². The number of esters is 1. The van der Waals surface area contributed by atoms with Crippen molar-refractivity contribution in [3.8, 4) is 22.7 Å². The average Bonchev–Trinajstić information content (AvgIpc) is 3.42. The summed E-state index contributed by atoms with van der Waals surface area (Å²) in [5, 5.41) is 21.8. The topological polar surface area (TPSA) is 122 Å². The molecule has 0 radical (unpaired) electrons. The van der Waals surface area contributed by atoms with Crippen LogP contribution in [0.1, 0.15) is 24.0 Å². The normalized spacial score (nSPS) is 15.2. The van der Waals surface area contributed by atoms with E-state index in [1.807, 2.05) is 23.6 Å². The van der Waals surface area contributed by atoms with Crippen LogP contribution in [-0.4, -0.2) is 23.3 Å². The molecule has 7 nitrogen and oxygen atoms in total. The summed E-state index contributed by atoms with van der Waals surface area (Å²) in [6, 6.07) is 16.9. The van der Waals surface area contributed by atoms with Crippen molar-refractivity contribution >= 4 is 29.1 Å². The van der Waals surface area contributed by atoms with Crippen LogP contribution in [0.4, 0.5) is 4.39 Å². The molecule has 1 aliphatic rings. The number of rotatable bonds is 7. The van der Waals surface area contributed by atoms with Crippen LogP contribution in [0.3, 0.4) is 0 Å². The molecule has 4 rings (SSSR count). The van der Waals surface area contributed by atoms with Gasteiger partial charge in [-0.05, 0) is 48.2 Å². The van der Waals surface area contributed by atoms with Crippen LogP contribution in [0.2, 0.25) is 0 Å². The Morgan fingerprint density at radius 3 is 2.64 bits per heavy atom. The molecule has 0 saturated heterocycles. The monoisotopic (exact) mass is 518 g/mol. The van der Waals surface area contributed by atoms with Gasteiger partial charge in [0.05, 0.1) is 40.0 Å². The quantitative estimate of drug-likeness (QED) is 0.333. The first-order chi connectivity index (χ1) is 17.5. The molecule has 0 fully saturated rings. The third-order valence-corrected chi connectivity index (χ3v) is 7.17. The van der Waals surface area contributed by atoms with E-state index in [9.17, 15) is 19.7 Å². The van der Waals surface area contributed by atoms with Gasteiger partial charge in [-0.2, -0.15) is 10.5 Å². The number of pyridine rings is 1. The van der Waals surface area contributed by atoms with Crippen molar-refractivity contribution in [1.29, 1.82) is 10.5 Å². The number of aromatic nitrogens is 1. The lowest BCUT2D eigenvalue weighted by molar-refractivity contribution is -0.139. The summed E-state index contributed by atoms with van der Waals surface area (Å²) in [6.07, 6.45) is 0. The Bertz CT molecular complexity index is 1440. The third-order valence-electron chi connectivity index (χ3n) is 5.29. The fourth-order valence-electron chi connectivity index (χ4n) is 3.68. The van der Waals surface area contributed by atoms with Gasteiger partial charge in [0.25, 0.3) is 0 Å². The van der Waals surface area contributed by atoms with Crippen molar-refractivity contribution in [3.05, 3.63) is 93.6 Å². The van der Waals surface area contributed by atoms with Gasteiger partial charge in [-0.25, -0.2) is 14.2 Å². The Morgan fingerprint density at radius 2 is 2.00 bits per heavy atom. The summed E-state index contributed by atoms with van der Waals surface area (Å²) in [6.45, 7) is 1.76. The molecular weight excluding hydrogens is 499 g/mol. The van der Waals surface area contributed by atoms with Gasteiger partial charge in [-0.15, -0.1) is 11.3 Å². The largest absolute Gasteiger partial charge is 0.463 e. The summed E-state index contributed by atoms with van der Waals surface area (Å²) >= 11 is 2.72. The molecule has 3 heterocycles. The van der Waals surface area contributed by atoms with E-state index in [4.69, 9.17) is 15.2 Å². The fraction of sp³-hybridized carbons (Fsp3) is 0.154. The minimum atomic E-state index is -0.903. The Hall–Kier alpha value is -4.12. The number of nitrogens with two attached hydrogens (primary N) is 1. The van der Waals surface area contributed by atoms with E-state index in [-0.39, 0.29) is 35.1 Å². The highest BCUT2D eigenvalue weighted by Crippen LogP contribution is 2.41. The number of hydrogen-bond acceptors (Lipinski definition) is 9. The predicted octanol–water partition coefficient (Wildman–Crippen LogP) is 5.24. The van der Waals surface area contributed by atoms with E-state index in [1.165, 1.54) is 47.4 Å². The number of ether oxygens (including phenoxy) is 2. The lowest BCUT2D eigenvalue weighted by atomic mass is 9.83. The molecule has 2 aromatic heterocycles. The SMILES string of the molecule is CCOC(=O)C1=C(CSc2nc(-c3cccs3)ccc2C#N)OC(N)=C(C#N)[C@H]1c1ccc(F)cc1. The molecule has 36 heavy (non-hydrogen) atoms. The number of carbonyl (C=O) groups is 1. The molecule has 3 aromatic rings. The summed E-state index contributed by atoms with van der Waals surface area (Å²) in [4.78, 5) is 18.7. The molecule has 1 aromatic carbocycles.